The number of carbonyl (C=O) groups excluding carboxylic acids is 2. The molecule has 0 unspecified atom stereocenters. The SMILES string of the molecule is CC(C)(C)OC(=O)c1cccc(Cc2cnc3c(c2)OCCN3C(=O)Nc2ccccc2)c1. The first kappa shape index (κ1) is 22.3. The Morgan fingerprint density at radius 2 is 1.85 bits per heavy atom. The average molecular weight is 446 g/mol. The number of pyridine rings is 1. The summed E-state index contributed by atoms with van der Waals surface area (Å²) in [6.07, 6.45) is 2.30. The molecular formula is C26H27N3O4. The molecular weight excluding hydrogens is 418 g/mol. The second-order valence-corrected chi connectivity index (χ2v) is 8.84. The predicted octanol–water partition coefficient (Wildman–Crippen LogP) is 5.06. The van der Waals surface area contributed by atoms with Gasteiger partial charge in [-0.2, -0.15) is 0 Å². The molecule has 170 valence electrons. The van der Waals surface area contributed by atoms with Gasteiger partial charge in [-0.05, 0) is 68.7 Å². The van der Waals surface area contributed by atoms with E-state index in [0.717, 1.165) is 16.8 Å². The number of amides is 2. The van der Waals surface area contributed by atoms with Gasteiger partial charge in [-0.25, -0.2) is 14.6 Å². The van der Waals surface area contributed by atoms with E-state index < -0.39 is 5.60 Å². The minimum atomic E-state index is -0.550. The molecule has 0 radical (unpaired) electrons. The summed E-state index contributed by atoms with van der Waals surface area (Å²) in [6, 6.07) is 18.3. The number of ether oxygens (including phenoxy) is 2. The maximum Gasteiger partial charge on any atom is 0.338 e. The standard InChI is InChI=1S/C26H27N3O4/c1-26(2,3)33-24(30)20-9-7-8-18(15-20)14-19-16-22-23(27-17-19)29(12-13-32-22)25(31)28-21-10-5-4-6-11-21/h4-11,15-17H,12-14H2,1-3H3,(H,28,31). The summed E-state index contributed by atoms with van der Waals surface area (Å²) in [6.45, 7) is 6.33. The number of benzene rings is 2. The molecule has 0 saturated carbocycles. The highest BCUT2D eigenvalue weighted by atomic mass is 16.6. The fourth-order valence-corrected chi connectivity index (χ4v) is 3.53. The van der Waals surface area contributed by atoms with Crippen LogP contribution in [0.25, 0.3) is 0 Å². The van der Waals surface area contributed by atoms with Gasteiger partial charge in [-0.3, -0.25) is 4.90 Å². The molecule has 3 aromatic rings. The van der Waals surface area contributed by atoms with Gasteiger partial charge in [0.2, 0.25) is 0 Å². The summed E-state index contributed by atoms with van der Waals surface area (Å²) in [7, 11) is 0. The highest BCUT2D eigenvalue weighted by Gasteiger charge is 2.26. The minimum absolute atomic E-state index is 0.254. The topological polar surface area (TPSA) is 80.8 Å². The Morgan fingerprint density at radius 3 is 2.61 bits per heavy atom. The van der Waals surface area contributed by atoms with Crippen molar-refractivity contribution in [3.63, 3.8) is 0 Å². The summed E-state index contributed by atoms with van der Waals surface area (Å²) in [5.74, 6) is 0.697. The van der Waals surface area contributed by atoms with Crippen LogP contribution >= 0.6 is 0 Å². The molecule has 7 heteroatoms. The highest BCUT2D eigenvalue weighted by molar-refractivity contribution is 6.02. The van der Waals surface area contributed by atoms with Gasteiger partial charge in [-0.15, -0.1) is 0 Å². The van der Waals surface area contributed by atoms with Crippen LogP contribution in [0, 0.1) is 0 Å². The molecule has 1 aliphatic rings. The van der Waals surface area contributed by atoms with Crippen LogP contribution in [0.2, 0.25) is 0 Å². The lowest BCUT2D eigenvalue weighted by Gasteiger charge is -2.28. The summed E-state index contributed by atoms with van der Waals surface area (Å²) < 4.78 is 11.3. The number of carbonyl (C=O) groups is 2. The third-order valence-corrected chi connectivity index (χ3v) is 4.96. The van der Waals surface area contributed by atoms with E-state index in [-0.39, 0.29) is 12.0 Å². The lowest BCUT2D eigenvalue weighted by atomic mass is 10.0. The molecule has 1 aliphatic heterocycles. The number of aromatic nitrogens is 1. The summed E-state index contributed by atoms with van der Waals surface area (Å²) in [5.41, 5.74) is 2.55. The normalized spacial score (nSPS) is 13.0. The molecule has 2 heterocycles. The van der Waals surface area contributed by atoms with Crippen LogP contribution in [0.15, 0.2) is 66.9 Å². The molecule has 2 amide bonds. The second-order valence-electron chi connectivity index (χ2n) is 8.84. The number of nitrogens with zero attached hydrogens (tertiary/aromatic N) is 2. The zero-order valence-electron chi connectivity index (χ0n) is 19.0. The first-order valence-electron chi connectivity index (χ1n) is 10.9. The van der Waals surface area contributed by atoms with Crippen molar-refractivity contribution in [3.05, 3.63) is 83.6 Å². The first-order chi connectivity index (χ1) is 15.8. The van der Waals surface area contributed by atoms with Crippen molar-refractivity contribution >= 4 is 23.5 Å². The summed E-state index contributed by atoms with van der Waals surface area (Å²) in [4.78, 5) is 31.3. The number of anilines is 2. The maximum absolute atomic E-state index is 12.8. The zero-order chi connectivity index (χ0) is 23.4. The molecule has 0 saturated heterocycles. The molecule has 0 fully saturated rings. The van der Waals surface area contributed by atoms with Gasteiger partial charge >= 0.3 is 12.0 Å². The molecule has 2 aromatic carbocycles. The van der Waals surface area contributed by atoms with E-state index in [1.165, 1.54) is 0 Å². The Labute approximate surface area is 193 Å². The van der Waals surface area contributed by atoms with Crippen molar-refractivity contribution in [3.8, 4) is 5.75 Å². The quantitative estimate of drug-likeness (QED) is 0.568. The number of nitrogens with one attached hydrogen (secondary N) is 1. The molecule has 4 rings (SSSR count). The van der Waals surface area contributed by atoms with Gasteiger partial charge in [-0.1, -0.05) is 30.3 Å². The van der Waals surface area contributed by atoms with Crippen LogP contribution in [0.5, 0.6) is 5.75 Å². The Balaban J connectivity index is 1.49. The molecule has 7 nitrogen and oxygen atoms in total. The zero-order valence-corrected chi connectivity index (χ0v) is 19.0. The number of hydrogen-bond donors (Lipinski definition) is 1. The Morgan fingerprint density at radius 1 is 1.06 bits per heavy atom. The Hall–Kier alpha value is -3.87. The minimum Gasteiger partial charge on any atom is -0.488 e. The lowest BCUT2D eigenvalue weighted by Crippen LogP contribution is -2.41. The molecule has 1 aromatic heterocycles. The Bertz CT molecular complexity index is 1160. The van der Waals surface area contributed by atoms with Crippen LogP contribution < -0.4 is 15.0 Å². The maximum atomic E-state index is 12.8. The van der Waals surface area contributed by atoms with Crippen molar-refractivity contribution in [2.24, 2.45) is 0 Å². The number of urea groups is 1. The van der Waals surface area contributed by atoms with Gasteiger partial charge in [0, 0.05) is 11.9 Å². The average Bonchev–Trinajstić information content (AvgIpc) is 2.78. The van der Waals surface area contributed by atoms with Gasteiger partial charge in [0.15, 0.2) is 11.6 Å². The van der Waals surface area contributed by atoms with Gasteiger partial charge in [0.25, 0.3) is 0 Å². The van der Waals surface area contributed by atoms with E-state index in [1.807, 2.05) is 75.4 Å². The van der Waals surface area contributed by atoms with Crippen molar-refractivity contribution in [2.75, 3.05) is 23.4 Å². The molecule has 1 N–H and O–H groups in total. The summed E-state index contributed by atoms with van der Waals surface area (Å²) in [5, 5.41) is 2.89. The number of hydrogen-bond acceptors (Lipinski definition) is 5. The van der Waals surface area contributed by atoms with E-state index in [1.54, 1.807) is 17.2 Å². The van der Waals surface area contributed by atoms with Crippen molar-refractivity contribution in [1.82, 2.24) is 4.98 Å². The number of esters is 1. The van der Waals surface area contributed by atoms with Gasteiger partial charge < -0.3 is 14.8 Å². The van der Waals surface area contributed by atoms with Crippen LogP contribution in [-0.4, -0.2) is 35.7 Å². The van der Waals surface area contributed by atoms with Crippen LogP contribution in [-0.2, 0) is 11.2 Å². The molecule has 0 bridgehead atoms. The molecule has 0 spiro atoms. The first-order valence-corrected chi connectivity index (χ1v) is 10.9. The number of para-hydroxylation sites is 1. The fraction of sp³-hybridized carbons (Fsp3) is 0.269. The van der Waals surface area contributed by atoms with E-state index in [0.29, 0.717) is 36.7 Å². The molecule has 0 aliphatic carbocycles. The van der Waals surface area contributed by atoms with Crippen molar-refractivity contribution in [2.45, 2.75) is 32.8 Å². The van der Waals surface area contributed by atoms with Crippen LogP contribution in [0.4, 0.5) is 16.3 Å². The number of fused-ring (bicyclic) bond motifs is 1. The van der Waals surface area contributed by atoms with Crippen molar-refractivity contribution in [1.29, 1.82) is 0 Å². The van der Waals surface area contributed by atoms with Gasteiger partial charge in [0.1, 0.15) is 12.2 Å². The van der Waals surface area contributed by atoms with Crippen molar-refractivity contribution < 1.29 is 19.1 Å². The number of rotatable bonds is 4. The van der Waals surface area contributed by atoms with E-state index >= 15 is 0 Å². The molecule has 0 atom stereocenters. The fourth-order valence-electron chi connectivity index (χ4n) is 3.53. The highest BCUT2D eigenvalue weighted by Crippen LogP contribution is 2.31. The van der Waals surface area contributed by atoms with E-state index in [9.17, 15) is 9.59 Å². The van der Waals surface area contributed by atoms with E-state index in [4.69, 9.17) is 9.47 Å². The molecule has 33 heavy (non-hydrogen) atoms. The third-order valence-electron chi connectivity index (χ3n) is 4.96. The largest absolute Gasteiger partial charge is 0.488 e. The third kappa shape index (κ3) is 5.68. The van der Waals surface area contributed by atoms with E-state index in [2.05, 4.69) is 10.3 Å². The monoisotopic (exact) mass is 445 g/mol. The second kappa shape index (κ2) is 9.32. The Kier molecular flexibility index (Phi) is 6.31. The smallest absolute Gasteiger partial charge is 0.338 e. The van der Waals surface area contributed by atoms with Crippen LogP contribution in [0.3, 0.4) is 0 Å². The predicted molar refractivity (Wildman–Crippen MR) is 127 cm³/mol. The lowest BCUT2D eigenvalue weighted by molar-refractivity contribution is 0.00693. The summed E-state index contributed by atoms with van der Waals surface area (Å²) >= 11 is 0. The van der Waals surface area contributed by atoms with Gasteiger partial charge in [0.05, 0.1) is 12.1 Å². The van der Waals surface area contributed by atoms with Crippen LogP contribution in [0.1, 0.15) is 42.3 Å².